The lowest BCUT2D eigenvalue weighted by atomic mass is 9.74. The third-order valence-corrected chi connectivity index (χ3v) is 2.90. The van der Waals surface area contributed by atoms with Crippen molar-refractivity contribution in [3.05, 3.63) is 0 Å². The zero-order valence-corrected chi connectivity index (χ0v) is 7.49. The lowest BCUT2D eigenvalue weighted by molar-refractivity contribution is -0.139. The highest BCUT2D eigenvalue weighted by Gasteiger charge is 2.26. The average Bonchev–Trinajstić information content (AvgIpc) is 1.82. The molecule has 0 heterocycles. The molecule has 0 aromatic rings. The fourth-order valence-electron chi connectivity index (χ4n) is 1.70. The highest BCUT2D eigenvalue weighted by Crippen LogP contribution is 2.35. The molecule has 0 bridgehead atoms. The molecule has 0 aliphatic heterocycles. The molecular weight excluding hydrogens is 154 g/mol. The van der Waals surface area contributed by atoms with Gasteiger partial charge in [0.15, 0.2) is 0 Å². The molecule has 1 aliphatic rings. The van der Waals surface area contributed by atoms with Crippen molar-refractivity contribution in [3.63, 3.8) is 0 Å². The molecular formula is C9H17NO2. The summed E-state index contributed by atoms with van der Waals surface area (Å²) in [7, 11) is 0. The zero-order chi connectivity index (χ0) is 9.14. The molecule has 3 heteroatoms. The molecule has 2 atom stereocenters. The summed E-state index contributed by atoms with van der Waals surface area (Å²) in [5.74, 6) is 0.335. The smallest absolute Gasteiger partial charge is 0.320 e. The lowest BCUT2D eigenvalue weighted by Gasteiger charge is -2.32. The fourth-order valence-corrected chi connectivity index (χ4v) is 1.70. The Kier molecular flexibility index (Phi) is 3.09. The SMILES string of the molecule is CC(C[C@H](N)C(=O)O)C1CCC1. The first kappa shape index (κ1) is 9.52. The molecule has 1 rings (SSSR count). The van der Waals surface area contributed by atoms with E-state index >= 15 is 0 Å². The molecule has 0 aromatic heterocycles. The predicted octanol–water partition coefficient (Wildman–Crippen LogP) is 1.22. The van der Waals surface area contributed by atoms with Crippen LogP contribution >= 0.6 is 0 Å². The molecule has 0 aromatic carbocycles. The van der Waals surface area contributed by atoms with E-state index < -0.39 is 12.0 Å². The molecule has 1 saturated carbocycles. The first-order valence-corrected chi connectivity index (χ1v) is 4.59. The summed E-state index contributed by atoms with van der Waals surface area (Å²) in [5, 5.41) is 8.58. The van der Waals surface area contributed by atoms with E-state index in [2.05, 4.69) is 6.92 Å². The third kappa shape index (κ3) is 2.21. The van der Waals surface area contributed by atoms with Crippen molar-refractivity contribution in [1.82, 2.24) is 0 Å². The van der Waals surface area contributed by atoms with Gasteiger partial charge in [-0.05, 0) is 18.3 Å². The minimum absolute atomic E-state index is 0.477. The third-order valence-electron chi connectivity index (χ3n) is 2.90. The maximum atomic E-state index is 10.4. The van der Waals surface area contributed by atoms with Crippen LogP contribution in [0.5, 0.6) is 0 Å². The highest BCUT2D eigenvalue weighted by atomic mass is 16.4. The van der Waals surface area contributed by atoms with Crippen LogP contribution in [0.2, 0.25) is 0 Å². The van der Waals surface area contributed by atoms with Crippen LogP contribution < -0.4 is 5.73 Å². The summed E-state index contributed by atoms with van der Waals surface area (Å²) >= 11 is 0. The van der Waals surface area contributed by atoms with Crippen LogP contribution in [-0.2, 0) is 4.79 Å². The van der Waals surface area contributed by atoms with Gasteiger partial charge in [-0.25, -0.2) is 0 Å². The number of hydrogen-bond donors (Lipinski definition) is 2. The summed E-state index contributed by atoms with van der Waals surface area (Å²) in [6, 6.07) is -0.666. The van der Waals surface area contributed by atoms with Gasteiger partial charge in [0.2, 0.25) is 0 Å². The van der Waals surface area contributed by atoms with Gasteiger partial charge in [-0.15, -0.1) is 0 Å². The normalized spacial score (nSPS) is 22.8. The monoisotopic (exact) mass is 171 g/mol. The van der Waals surface area contributed by atoms with E-state index in [1.54, 1.807) is 0 Å². The Morgan fingerprint density at radius 1 is 1.67 bits per heavy atom. The molecule has 1 aliphatic carbocycles. The van der Waals surface area contributed by atoms with Crippen molar-refractivity contribution in [2.75, 3.05) is 0 Å². The number of rotatable bonds is 4. The van der Waals surface area contributed by atoms with Gasteiger partial charge in [0.05, 0.1) is 0 Å². The summed E-state index contributed by atoms with van der Waals surface area (Å²) in [4.78, 5) is 10.4. The van der Waals surface area contributed by atoms with Crippen LogP contribution in [0, 0.1) is 11.8 Å². The maximum absolute atomic E-state index is 10.4. The van der Waals surface area contributed by atoms with Crippen LogP contribution in [-0.4, -0.2) is 17.1 Å². The average molecular weight is 171 g/mol. The zero-order valence-electron chi connectivity index (χ0n) is 7.49. The van der Waals surface area contributed by atoms with Crippen molar-refractivity contribution in [1.29, 1.82) is 0 Å². The van der Waals surface area contributed by atoms with Gasteiger partial charge < -0.3 is 10.8 Å². The summed E-state index contributed by atoms with van der Waals surface area (Å²) in [5.41, 5.74) is 5.43. The van der Waals surface area contributed by atoms with Crippen molar-refractivity contribution >= 4 is 5.97 Å². The van der Waals surface area contributed by atoms with Gasteiger partial charge in [0.1, 0.15) is 6.04 Å². The number of carboxylic acid groups (broad SMARTS) is 1. The molecule has 1 unspecified atom stereocenters. The number of carbonyl (C=O) groups is 1. The predicted molar refractivity (Wildman–Crippen MR) is 46.7 cm³/mol. The summed E-state index contributed by atoms with van der Waals surface area (Å²) < 4.78 is 0. The van der Waals surface area contributed by atoms with Crippen molar-refractivity contribution in [3.8, 4) is 0 Å². The largest absolute Gasteiger partial charge is 0.480 e. The van der Waals surface area contributed by atoms with E-state index in [9.17, 15) is 4.79 Å². The van der Waals surface area contributed by atoms with E-state index in [4.69, 9.17) is 10.8 Å². The molecule has 3 nitrogen and oxygen atoms in total. The molecule has 1 fully saturated rings. The van der Waals surface area contributed by atoms with Gasteiger partial charge in [0, 0.05) is 0 Å². The first-order chi connectivity index (χ1) is 5.61. The lowest BCUT2D eigenvalue weighted by Crippen LogP contribution is -2.34. The van der Waals surface area contributed by atoms with Gasteiger partial charge in [-0.2, -0.15) is 0 Å². The standard InChI is InChI=1S/C9H17NO2/c1-6(7-3-2-4-7)5-8(10)9(11)12/h6-8H,2-5,10H2,1H3,(H,11,12)/t6?,8-/m0/s1. The molecule has 0 spiro atoms. The van der Waals surface area contributed by atoms with E-state index in [-0.39, 0.29) is 0 Å². The minimum Gasteiger partial charge on any atom is -0.480 e. The summed E-state index contributed by atoms with van der Waals surface area (Å²) in [6.07, 6.45) is 4.44. The number of nitrogens with two attached hydrogens (primary N) is 1. The quantitative estimate of drug-likeness (QED) is 0.668. The second-order valence-corrected chi connectivity index (χ2v) is 3.85. The number of hydrogen-bond acceptors (Lipinski definition) is 2. The van der Waals surface area contributed by atoms with Crippen LogP contribution in [0.1, 0.15) is 32.6 Å². The minimum atomic E-state index is -0.874. The Hall–Kier alpha value is -0.570. The Balaban J connectivity index is 2.24. The van der Waals surface area contributed by atoms with Crippen molar-refractivity contribution in [2.45, 2.75) is 38.6 Å². The van der Waals surface area contributed by atoms with Crippen LogP contribution in [0.4, 0.5) is 0 Å². The number of aliphatic carboxylic acids is 1. The molecule has 0 radical (unpaired) electrons. The van der Waals surface area contributed by atoms with Gasteiger partial charge >= 0.3 is 5.97 Å². The molecule has 70 valence electrons. The molecule has 0 saturated heterocycles. The van der Waals surface area contributed by atoms with Crippen molar-refractivity contribution < 1.29 is 9.90 Å². The Morgan fingerprint density at radius 3 is 2.58 bits per heavy atom. The Labute approximate surface area is 72.9 Å². The van der Waals surface area contributed by atoms with E-state index in [1.165, 1.54) is 19.3 Å². The molecule has 0 amide bonds. The van der Waals surface area contributed by atoms with E-state index in [1.807, 2.05) is 0 Å². The molecule has 3 N–H and O–H groups in total. The summed E-state index contributed by atoms with van der Waals surface area (Å²) in [6.45, 7) is 2.10. The van der Waals surface area contributed by atoms with Crippen molar-refractivity contribution in [2.24, 2.45) is 17.6 Å². The second-order valence-electron chi connectivity index (χ2n) is 3.85. The topological polar surface area (TPSA) is 63.3 Å². The Morgan fingerprint density at radius 2 is 2.25 bits per heavy atom. The number of carboxylic acids is 1. The van der Waals surface area contributed by atoms with E-state index in [0.717, 1.165) is 5.92 Å². The first-order valence-electron chi connectivity index (χ1n) is 4.59. The van der Waals surface area contributed by atoms with Crippen LogP contribution in [0.25, 0.3) is 0 Å². The van der Waals surface area contributed by atoms with Crippen LogP contribution in [0.15, 0.2) is 0 Å². The Bertz CT molecular complexity index is 166. The molecule has 12 heavy (non-hydrogen) atoms. The fraction of sp³-hybridized carbons (Fsp3) is 0.889. The van der Waals surface area contributed by atoms with E-state index in [0.29, 0.717) is 12.3 Å². The highest BCUT2D eigenvalue weighted by molar-refractivity contribution is 5.73. The van der Waals surface area contributed by atoms with Crippen LogP contribution in [0.3, 0.4) is 0 Å². The maximum Gasteiger partial charge on any atom is 0.320 e. The van der Waals surface area contributed by atoms with Gasteiger partial charge in [-0.1, -0.05) is 26.2 Å². The van der Waals surface area contributed by atoms with Gasteiger partial charge in [-0.3, -0.25) is 4.79 Å². The van der Waals surface area contributed by atoms with Gasteiger partial charge in [0.25, 0.3) is 0 Å². The second kappa shape index (κ2) is 3.90.